The van der Waals surface area contributed by atoms with Crippen molar-refractivity contribution in [2.24, 2.45) is 0 Å². The van der Waals surface area contributed by atoms with Gasteiger partial charge in [-0.2, -0.15) is 0 Å². The molecule has 2 N–H and O–H groups in total. The molecule has 0 aliphatic rings. The maximum atomic E-state index is 12.9. The molecule has 0 radical (unpaired) electrons. The van der Waals surface area contributed by atoms with Crippen molar-refractivity contribution in [2.45, 2.75) is 33.1 Å². The number of methoxy groups -OCH3 is 1. The number of ether oxygens (including phenoxy) is 3. The Hall–Kier alpha value is -4.20. The van der Waals surface area contributed by atoms with E-state index in [9.17, 15) is 14.7 Å². The number of nitrogens with zero attached hydrogens (tertiary/aromatic N) is 1. The molecule has 0 aromatic heterocycles. The molecule has 0 atom stereocenters. The van der Waals surface area contributed by atoms with Gasteiger partial charge >= 0.3 is 12.0 Å². The van der Waals surface area contributed by atoms with Gasteiger partial charge in [-0.3, -0.25) is 9.69 Å². The van der Waals surface area contributed by atoms with Gasteiger partial charge in [0.25, 0.3) is 0 Å². The SMILES string of the molecule is CCOc1cc(-c2cccc(N(C)C(=O)NCCc3cccc(OC)c3)c2)cc(OCC)c1CCC(=O)O. The molecule has 0 bridgehead atoms. The van der Waals surface area contributed by atoms with Crippen molar-refractivity contribution in [3.8, 4) is 28.4 Å². The summed E-state index contributed by atoms with van der Waals surface area (Å²) in [6, 6.07) is 19.0. The molecule has 3 aromatic rings. The van der Waals surface area contributed by atoms with Crippen LogP contribution in [0.3, 0.4) is 0 Å². The van der Waals surface area contributed by atoms with Crippen LogP contribution in [0.1, 0.15) is 31.4 Å². The summed E-state index contributed by atoms with van der Waals surface area (Å²) in [7, 11) is 3.36. The summed E-state index contributed by atoms with van der Waals surface area (Å²) < 4.78 is 17.0. The molecule has 3 rings (SSSR count). The van der Waals surface area contributed by atoms with Gasteiger partial charge in [0.05, 0.1) is 20.3 Å². The van der Waals surface area contributed by atoms with Crippen LogP contribution in [0.25, 0.3) is 11.1 Å². The molecule has 0 spiro atoms. The summed E-state index contributed by atoms with van der Waals surface area (Å²) in [6.45, 7) is 5.14. The van der Waals surface area contributed by atoms with Crippen molar-refractivity contribution < 1.29 is 28.9 Å². The van der Waals surface area contributed by atoms with Gasteiger partial charge in [0.1, 0.15) is 17.2 Å². The van der Waals surface area contributed by atoms with Crippen molar-refractivity contribution in [2.75, 3.05) is 38.8 Å². The van der Waals surface area contributed by atoms with Crippen molar-refractivity contribution in [1.82, 2.24) is 5.32 Å². The highest BCUT2D eigenvalue weighted by atomic mass is 16.5. The first-order chi connectivity index (χ1) is 18.4. The molecular formula is C30H36N2O6. The summed E-state index contributed by atoms with van der Waals surface area (Å²) >= 11 is 0. The Morgan fingerprint density at radius 3 is 2.21 bits per heavy atom. The fraction of sp³-hybridized carbons (Fsp3) is 0.333. The van der Waals surface area contributed by atoms with E-state index in [2.05, 4.69) is 5.32 Å². The van der Waals surface area contributed by atoms with E-state index in [1.54, 1.807) is 19.1 Å². The predicted molar refractivity (Wildman–Crippen MR) is 149 cm³/mol. The number of anilines is 1. The number of carboxylic acid groups (broad SMARTS) is 1. The molecular weight excluding hydrogens is 484 g/mol. The summed E-state index contributed by atoms with van der Waals surface area (Å²) in [5.74, 6) is 1.11. The molecule has 8 nitrogen and oxygen atoms in total. The van der Waals surface area contributed by atoms with Crippen LogP contribution in [-0.4, -0.2) is 51.0 Å². The fourth-order valence-corrected chi connectivity index (χ4v) is 4.11. The lowest BCUT2D eigenvalue weighted by atomic mass is 9.99. The largest absolute Gasteiger partial charge is 0.497 e. The van der Waals surface area contributed by atoms with Crippen LogP contribution < -0.4 is 24.4 Å². The Bertz CT molecular complexity index is 1220. The Kier molecular flexibility index (Phi) is 10.4. The zero-order chi connectivity index (χ0) is 27.5. The minimum Gasteiger partial charge on any atom is -0.497 e. The molecule has 0 fully saturated rings. The van der Waals surface area contributed by atoms with Crippen LogP contribution in [-0.2, 0) is 17.6 Å². The second-order valence-electron chi connectivity index (χ2n) is 8.65. The smallest absolute Gasteiger partial charge is 0.321 e. The third-order valence-electron chi connectivity index (χ3n) is 6.05. The quantitative estimate of drug-likeness (QED) is 0.306. The van der Waals surface area contributed by atoms with E-state index in [1.165, 1.54) is 0 Å². The van der Waals surface area contributed by atoms with E-state index in [0.29, 0.717) is 44.1 Å². The average Bonchev–Trinajstić information content (AvgIpc) is 2.92. The lowest BCUT2D eigenvalue weighted by molar-refractivity contribution is -0.136. The van der Waals surface area contributed by atoms with Crippen molar-refractivity contribution in [1.29, 1.82) is 0 Å². The van der Waals surface area contributed by atoms with E-state index in [0.717, 1.165) is 33.7 Å². The minimum atomic E-state index is -0.878. The third-order valence-corrected chi connectivity index (χ3v) is 6.05. The van der Waals surface area contributed by atoms with Crippen LogP contribution in [0.2, 0.25) is 0 Å². The van der Waals surface area contributed by atoms with Gasteiger partial charge in [-0.1, -0.05) is 24.3 Å². The number of benzene rings is 3. The number of carbonyl (C=O) groups excluding carboxylic acids is 1. The summed E-state index contributed by atoms with van der Waals surface area (Å²) in [6.07, 6.45) is 0.969. The van der Waals surface area contributed by atoms with E-state index in [-0.39, 0.29) is 12.5 Å². The van der Waals surface area contributed by atoms with Crippen LogP contribution in [0.15, 0.2) is 60.7 Å². The molecule has 0 aliphatic carbocycles. The number of amides is 2. The highest BCUT2D eigenvalue weighted by Crippen LogP contribution is 2.37. The van der Waals surface area contributed by atoms with Gasteiger partial charge in [-0.15, -0.1) is 0 Å². The van der Waals surface area contributed by atoms with Gasteiger partial charge in [0, 0.05) is 31.3 Å². The second-order valence-corrected chi connectivity index (χ2v) is 8.65. The number of carbonyl (C=O) groups is 2. The normalized spacial score (nSPS) is 10.5. The van der Waals surface area contributed by atoms with Gasteiger partial charge in [0.15, 0.2) is 0 Å². The number of rotatable bonds is 13. The molecule has 38 heavy (non-hydrogen) atoms. The molecule has 0 heterocycles. The second kappa shape index (κ2) is 13.9. The average molecular weight is 521 g/mol. The monoisotopic (exact) mass is 520 g/mol. The summed E-state index contributed by atoms with van der Waals surface area (Å²) in [5.41, 5.74) is 4.28. The molecule has 202 valence electrons. The maximum Gasteiger partial charge on any atom is 0.321 e. The van der Waals surface area contributed by atoms with Gasteiger partial charge in [-0.25, -0.2) is 4.79 Å². The zero-order valence-corrected chi connectivity index (χ0v) is 22.5. The standard InChI is InChI=1S/C30H36N2O6/c1-5-37-27-19-23(20-28(38-6-2)26(27)13-14-29(33)34)22-10-8-11-24(18-22)32(3)30(35)31-16-15-21-9-7-12-25(17-21)36-4/h7-12,17-20H,5-6,13-16H2,1-4H3,(H,31,35)(H,33,34). The van der Waals surface area contributed by atoms with Gasteiger partial charge in [0.2, 0.25) is 0 Å². The molecule has 0 unspecified atom stereocenters. The molecule has 3 aromatic carbocycles. The number of nitrogens with one attached hydrogen (secondary N) is 1. The highest BCUT2D eigenvalue weighted by Gasteiger charge is 2.17. The van der Waals surface area contributed by atoms with Crippen LogP contribution >= 0.6 is 0 Å². The molecule has 8 heteroatoms. The number of urea groups is 1. The summed E-state index contributed by atoms with van der Waals surface area (Å²) in [4.78, 5) is 25.6. The topological polar surface area (TPSA) is 97.3 Å². The lowest BCUT2D eigenvalue weighted by Crippen LogP contribution is -2.38. The van der Waals surface area contributed by atoms with E-state index in [1.807, 2.05) is 74.5 Å². The Morgan fingerprint density at radius 1 is 0.895 bits per heavy atom. The van der Waals surface area contributed by atoms with E-state index < -0.39 is 5.97 Å². The number of carboxylic acids is 1. The minimum absolute atomic E-state index is 0.0211. The number of hydrogen-bond acceptors (Lipinski definition) is 5. The Labute approximate surface area is 224 Å². The van der Waals surface area contributed by atoms with Crippen LogP contribution in [0, 0.1) is 0 Å². The highest BCUT2D eigenvalue weighted by molar-refractivity contribution is 5.92. The number of hydrogen-bond donors (Lipinski definition) is 2. The van der Waals surface area contributed by atoms with Gasteiger partial charge in [-0.05, 0) is 79.8 Å². The van der Waals surface area contributed by atoms with Crippen LogP contribution in [0.4, 0.5) is 10.5 Å². The molecule has 2 amide bonds. The lowest BCUT2D eigenvalue weighted by Gasteiger charge is -2.20. The van der Waals surface area contributed by atoms with E-state index >= 15 is 0 Å². The van der Waals surface area contributed by atoms with Gasteiger partial charge < -0.3 is 24.6 Å². The van der Waals surface area contributed by atoms with Crippen molar-refractivity contribution in [3.63, 3.8) is 0 Å². The zero-order valence-electron chi connectivity index (χ0n) is 22.5. The molecule has 0 saturated heterocycles. The summed E-state index contributed by atoms with van der Waals surface area (Å²) in [5, 5.41) is 12.2. The first-order valence-corrected chi connectivity index (χ1v) is 12.8. The van der Waals surface area contributed by atoms with Crippen LogP contribution in [0.5, 0.6) is 17.2 Å². The number of aliphatic carboxylic acids is 1. The third kappa shape index (κ3) is 7.65. The predicted octanol–water partition coefficient (Wildman–Crippen LogP) is 5.57. The van der Waals surface area contributed by atoms with E-state index in [4.69, 9.17) is 14.2 Å². The fourth-order valence-electron chi connectivity index (χ4n) is 4.11. The first-order valence-electron chi connectivity index (χ1n) is 12.8. The molecule has 0 aliphatic heterocycles. The Balaban J connectivity index is 1.79. The van der Waals surface area contributed by atoms with Crippen molar-refractivity contribution in [3.05, 3.63) is 71.8 Å². The van der Waals surface area contributed by atoms with Crippen molar-refractivity contribution >= 4 is 17.7 Å². The first kappa shape index (κ1) is 28.4. The maximum absolute atomic E-state index is 12.9. The Morgan fingerprint density at radius 2 is 1.58 bits per heavy atom. The molecule has 0 saturated carbocycles.